The maximum atomic E-state index is 13.9. The highest BCUT2D eigenvalue weighted by Gasteiger charge is 2.36. The zero-order valence-electron chi connectivity index (χ0n) is 41.3. The highest BCUT2D eigenvalue weighted by molar-refractivity contribution is 5.90. The Morgan fingerprint density at radius 2 is 0.650 bits per heavy atom. The summed E-state index contributed by atoms with van der Waals surface area (Å²) in [6, 6.07) is 0. The van der Waals surface area contributed by atoms with Crippen molar-refractivity contribution in [3.63, 3.8) is 0 Å². The molecule has 3 unspecified atom stereocenters. The van der Waals surface area contributed by atoms with Gasteiger partial charge in [-0.1, -0.05) is 264 Å². The first-order valence-electron chi connectivity index (χ1n) is 27.6. The Morgan fingerprint density at radius 3 is 0.967 bits per heavy atom. The van der Waals surface area contributed by atoms with Crippen LogP contribution < -0.4 is 5.73 Å². The molecule has 0 aromatic heterocycles. The summed E-state index contributed by atoms with van der Waals surface area (Å²) in [5.41, 5.74) is 6.03. The van der Waals surface area contributed by atoms with Gasteiger partial charge in [-0.15, -0.1) is 0 Å². The van der Waals surface area contributed by atoms with E-state index in [2.05, 4.69) is 32.9 Å². The predicted molar refractivity (Wildman–Crippen MR) is 266 cm³/mol. The van der Waals surface area contributed by atoms with Crippen molar-refractivity contribution in [3.8, 4) is 0 Å². The number of hydrogen-bond acceptors (Lipinski definition) is 4. The Kier molecular flexibility index (Phi) is 48.2. The standard InChI is InChI=1S/C56H109NO3/c1-4-7-10-13-16-19-22-25-28-31-34-37-40-43-46-49-53(58)52(48-45-42-39-36-33-30-27-24-21-18-15-12-9-6-3)56(55(60)51-57)54(59)50-47-44-41-38-35-32-29-26-23-20-17-14-11-8-5-2/h25,28,52,55-56,60H,4-24,26-27,29-51,57H2,1-3H3/b28-25-. The fraction of sp³-hybridized carbons (Fsp3) is 0.929. The molecule has 0 aliphatic carbocycles. The summed E-state index contributed by atoms with van der Waals surface area (Å²) in [6.45, 7) is 6.89. The Labute approximate surface area is 377 Å². The summed E-state index contributed by atoms with van der Waals surface area (Å²) >= 11 is 0. The lowest BCUT2D eigenvalue weighted by Crippen LogP contribution is -2.42. The first-order chi connectivity index (χ1) is 29.5. The molecular formula is C56H109NO3. The molecule has 3 atom stereocenters. The third-order valence-corrected chi connectivity index (χ3v) is 13.5. The number of nitrogens with two attached hydrogens (primary N) is 1. The van der Waals surface area contributed by atoms with E-state index in [0.717, 1.165) is 51.4 Å². The van der Waals surface area contributed by atoms with E-state index < -0.39 is 12.0 Å². The van der Waals surface area contributed by atoms with E-state index in [1.165, 1.54) is 218 Å². The van der Waals surface area contributed by atoms with Gasteiger partial charge in [-0.2, -0.15) is 0 Å². The molecular weight excluding hydrogens is 735 g/mol. The number of unbranched alkanes of at least 4 members (excludes halogenated alkanes) is 38. The van der Waals surface area contributed by atoms with Crippen LogP contribution in [-0.4, -0.2) is 29.3 Å². The molecule has 0 fully saturated rings. The SMILES string of the molecule is CCCCCCCC/C=C\CCCCCCCC(=O)C(CCCCCCCCCCCCCCCC)C(C(=O)CCCCCCCCCCCCCCCCC)C(O)CN. The Bertz CT molecular complexity index is 901. The molecule has 0 saturated heterocycles. The molecule has 0 saturated carbocycles. The molecule has 0 radical (unpaired) electrons. The molecule has 0 aliphatic rings. The molecule has 4 nitrogen and oxygen atoms in total. The normalized spacial score (nSPS) is 13.3. The molecule has 0 heterocycles. The zero-order valence-corrected chi connectivity index (χ0v) is 41.3. The second-order valence-corrected chi connectivity index (χ2v) is 19.3. The van der Waals surface area contributed by atoms with Gasteiger partial charge < -0.3 is 10.8 Å². The lowest BCUT2D eigenvalue weighted by atomic mass is 9.76. The van der Waals surface area contributed by atoms with Gasteiger partial charge in [0.1, 0.15) is 11.6 Å². The minimum atomic E-state index is -0.927. The third kappa shape index (κ3) is 39.8. The number of carbonyl (C=O) groups is 2. The minimum absolute atomic E-state index is 0.0468. The molecule has 0 spiro atoms. The van der Waals surface area contributed by atoms with E-state index in [1.54, 1.807) is 0 Å². The van der Waals surface area contributed by atoms with Crippen molar-refractivity contribution in [1.29, 1.82) is 0 Å². The number of allylic oxidation sites excluding steroid dienone is 2. The average molecular weight is 844 g/mol. The molecule has 60 heavy (non-hydrogen) atoms. The Hall–Kier alpha value is -1.00. The lowest BCUT2D eigenvalue weighted by molar-refractivity contribution is -0.137. The van der Waals surface area contributed by atoms with Crippen LogP contribution in [0.3, 0.4) is 0 Å². The molecule has 0 rings (SSSR count). The fourth-order valence-corrected chi connectivity index (χ4v) is 9.35. The van der Waals surface area contributed by atoms with Gasteiger partial charge in [0, 0.05) is 25.3 Å². The number of aliphatic hydroxyl groups excluding tert-OH is 1. The Morgan fingerprint density at radius 1 is 0.383 bits per heavy atom. The van der Waals surface area contributed by atoms with E-state index >= 15 is 0 Å². The van der Waals surface area contributed by atoms with E-state index in [1.807, 2.05) is 0 Å². The zero-order chi connectivity index (χ0) is 43.8. The van der Waals surface area contributed by atoms with Crippen LogP contribution in [0.1, 0.15) is 310 Å². The molecule has 0 aromatic carbocycles. The van der Waals surface area contributed by atoms with Gasteiger partial charge in [-0.25, -0.2) is 0 Å². The number of aliphatic hydroxyl groups is 1. The van der Waals surface area contributed by atoms with Crippen molar-refractivity contribution in [3.05, 3.63) is 12.2 Å². The predicted octanol–water partition coefficient (Wildman–Crippen LogP) is 17.8. The van der Waals surface area contributed by atoms with E-state index in [9.17, 15) is 14.7 Å². The van der Waals surface area contributed by atoms with E-state index in [0.29, 0.717) is 19.3 Å². The number of ketones is 2. The summed E-state index contributed by atoms with van der Waals surface area (Å²) in [6.07, 6.45) is 59.3. The summed E-state index contributed by atoms with van der Waals surface area (Å²) in [5, 5.41) is 11.1. The van der Waals surface area contributed by atoms with Gasteiger partial charge >= 0.3 is 0 Å². The third-order valence-electron chi connectivity index (χ3n) is 13.5. The van der Waals surface area contributed by atoms with Crippen molar-refractivity contribution in [2.24, 2.45) is 17.6 Å². The molecule has 0 bridgehead atoms. The second kappa shape index (κ2) is 49.0. The van der Waals surface area contributed by atoms with Gasteiger partial charge in [0.05, 0.1) is 12.0 Å². The van der Waals surface area contributed by atoms with Crippen molar-refractivity contribution in [2.75, 3.05) is 6.54 Å². The lowest BCUT2D eigenvalue weighted by Gasteiger charge is -2.29. The van der Waals surface area contributed by atoms with Crippen LogP contribution in [0.25, 0.3) is 0 Å². The van der Waals surface area contributed by atoms with E-state index in [-0.39, 0.29) is 24.0 Å². The van der Waals surface area contributed by atoms with Crippen molar-refractivity contribution in [2.45, 2.75) is 316 Å². The summed E-state index contributed by atoms with van der Waals surface area (Å²) < 4.78 is 0. The summed E-state index contributed by atoms with van der Waals surface area (Å²) in [4.78, 5) is 27.7. The van der Waals surface area contributed by atoms with Crippen LogP contribution in [0.4, 0.5) is 0 Å². The summed E-state index contributed by atoms with van der Waals surface area (Å²) in [7, 11) is 0. The number of Topliss-reactive ketones (excluding diaryl/α,β-unsaturated/α-hetero) is 2. The molecule has 356 valence electrons. The minimum Gasteiger partial charge on any atom is -0.391 e. The van der Waals surface area contributed by atoms with Gasteiger partial charge in [-0.05, 0) is 44.9 Å². The molecule has 0 aromatic rings. The first-order valence-corrected chi connectivity index (χ1v) is 27.6. The highest BCUT2D eigenvalue weighted by Crippen LogP contribution is 2.29. The molecule has 4 heteroatoms. The fourth-order valence-electron chi connectivity index (χ4n) is 9.35. The van der Waals surface area contributed by atoms with Crippen LogP contribution in [-0.2, 0) is 9.59 Å². The Balaban J connectivity index is 4.72. The summed E-state index contributed by atoms with van der Waals surface area (Å²) in [5.74, 6) is -0.749. The largest absolute Gasteiger partial charge is 0.391 e. The van der Waals surface area contributed by atoms with Crippen LogP contribution in [0.5, 0.6) is 0 Å². The number of hydrogen-bond donors (Lipinski definition) is 2. The molecule has 0 amide bonds. The van der Waals surface area contributed by atoms with Crippen LogP contribution in [0.15, 0.2) is 12.2 Å². The van der Waals surface area contributed by atoms with Crippen molar-refractivity contribution < 1.29 is 14.7 Å². The second-order valence-electron chi connectivity index (χ2n) is 19.3. The average Bonchev–Trinajstić information content (AvgIpc) is 3.25. The first kappa shape index (κ1) is 59.0. The van der Waals surface area contributed by atoms with Crippen LogP contribution >= 0.6 is 0 Å². The van der Waals surface area contributed by atoms with Crippen molar-refractivity contribution in [1.82, 2.24) is 0 Å². The van der Waals surface area contributed by atoms with Gasteiger partial charge in [0.25, 0.3) is 0 Å². The van der Waals surface area contributed by atoms with E-state index in [4.69, 9.17) is 5.73 Å². The van der Waals surface area contributed by atoms with Gasteiger partial charge in [-0.3, -0.25) is 9.59 Å². The maximum Gasteiger partial charge on any atom is 0.139 e. The smallest absolute Gasteiger partial charge is 0.139 e. The van der Waals surface area contributed by atoms with Gasteiger partial charge in [0.15, 0.2) is 0 Å². The molecule has 0 aliphatic heterocycles. The monoisotopic (exact) mass is 844 g/mol. The van der Waals surface area contributed by atoms with Crippen LogP contribution in [0, 0.1) is 11.8 Å². The number of rotatable bonds is 51. The maximum absolute atomic E-state index is 13.9. The van der Waals surface area contributed by atoms with Crippen LogP contribution in [0.2, 0.25) is 0 Å². The van der Waals surface area contributed by atoms with Gasteiger partial charge in [0.2, 0.25) is 0 Å². The highest BCUT2D eigenvalue weighted by atomic mass is 16.3. The van der Waals surface area contributed by atoms with Crippen molar-refractivity contribution >= 4 is 11.6 Å². The number of carbonyl (C=O) groups excluding carboxylic acids is 2. The topological polar surface area (TPSA) is 80.4 Å². The molecule has 3 N–H and O–H groups in total. The quantitative estimate of drug-likeness (QED) is 0.0472.